The summed E-state index contributed by atoms with van der Waals surface area (Å²) in [5, 5.41) is 28.8. The van der Waals surface area contributed by atoms with Crippen LogP contribution in [-0.2, 0) is 90.9 Å². The molecule has 0 unspecified atom stereocenters. The van der Waals surface area contributed by atoms with Crippen molar-refractivity contribution in [1.82, 2.24) is 15.0 Å². The summed E-state index contributed by atoms with van der Waals surface area (Å²) < 4.78 is 3.63. The first-order valence-electron chi connectivity index (χ1n) is 39.3. The van der Waals surface area contributed by atoms with Crippen molar-refractivity contribution in [2.75, 3.05) is 0 Å². The van der Waals surface area contributed by atoms with Crippen molar-refractivity contribution in [2.45, 2.75) is 148 Å². The van der Waals surface area contributed by atoms with Crippen LogP contribution in [0.4, 0.5) is 0 Å². The fourth-order valence-electron chi connectivity index (χ4n) is 13.4. The molecule has 0 aliphatic heterocycles. The fourth-order valence-corrected chi connectivity index (χ4v) is 16.6. The number of nitrogens with zero attached hydrogens (tertiary/aromatic N) is 3. The molecule has 0 fully saturated rings. The Morgan fingerprint density at radius 2 is 0.603 bits per heavy atom. The van der Waals surface area contributed by atoms with Gasteiger partial charge in [-0.25, -0.2) is 0 Å². The Morgan fingerprint density at radius 1 is 0.322 bits per heavy atom. The van der Waals surface area contributed by atoms with Gasteiger partial charge in [0, 0.05) is 112 Å². The smallest absolute Gasteiger partial charge is 0.155 e. The molecule has 0 spiro atoms. The van der Waals surface area contributed by atoms with Crippen LogP contribution in [0.3, 0.4) is 0 Å². The zero-order valence-electron chi connectivity index (χ0n) is 72.0. The number of aryl methyl sites for hydroxylation is 4. The number of carbonyl (C=O) groups is 3. The molecule has 6 aromatic heterocycles. The van der Waals surface area contributed by atoms with E-state index in [-0.39, 0.29) is 111 Å². The van der Waals surface area contributed by atoms with Crippen molar-refractivity contribution in [2.24, 2.45) is 0 Å². The minimum atomic E-state index is -0.125. The Morgan fingerprint density at radius 3 is 0.884 bits per heavy atom. The van der Waals surface area contributed by atoms with Crippen LogP contribution in [0.1, 0.15) is 143 Å². The van der Waals surface area contributed by atoms with Crippen LogP contribution in [0.5, 0.6) is 0 Å². The molecule has 0 aliphatic carbocycles. The van der Waals surface area contributed by atoms with Gasteiger partial charge in [0.1, 0.15) is 0 Å². The van der Waals surface area contributed by atoms with E-state index < -0.39 is 0 Å². The molecule has 9 nitrogen and oxygen atoms in total. The van der Waals surface area contributed by atoms with Crippen LogP contribution >= 0.6 is 34.0 Å². The number of pyridine rings is 3. The van der Waals surface area contributed by atoms with Crippen LogP contribution in [-0.4, -0.2) is 47.6 Å². The molecule has 15 aromatic rings. The molecule has 0 saturated carbocycles. The van der Waals surface area contributed by atoms with Crippen LogP contribution < -0.4 is 0 Å². The Balaban J connectivity index is 0.000000221. The monoisotopic (exact) mass is 2190 g/mol. The summed E-state index contributed by atoms with van der Waals surface area (Å²) in [6, 6.07) is 92.3. The van der Waals surface area contributed by atoms with E-state index in [2.05, 4.69) is 302 Å². The second-order valence-corrected chi connectivity index (χ2v) is 36.1. The number of benzene rings is 9. The van der Waals surface area contributed by atoms with E-state index in [0.717, 1.165) is 33.8 Å². The summed E-state index contributed by atoms with van der Waals surface area (Å²) in [5.41, 5.74) is 26.8. The number of aliphatic hydroxyl groups excluding tert-OH is 3. The minimum Gasteiger partial charge on any atom is -0.512 e. The number of allylic oxidation sites excluding steroid dienone is 6. The number of hydrogen-bond acceptors (Lipinski definition) is 12. The van der Waals surface area contributed by atoms with Crippen molar-refractivity contribution in [3.8, 4) is 98.5 Å². The van der Waals surface area contributed by atoms with Crippen molar-refractivity contribution in [3.05, 3.63) is 342 Å². The average molecular weight is 2190 g/mol. The maximum atomic E-state index is 10.0. The number of rotatable bonds is 12. The second kappa shape index (κ2) is 44.1. The number of thiophene rings is 3. The summed E-state index contributed by atoms with van der Waals surface area (Å²) in [7, 11) is 0. The molecule has 0 amide bonds. The van der Waals surface area contributed by atoms with Gasteiger partial charge >= 0.3 is 0 Å². The van der Waals surface area contributed by atoms with E-state index in [1.165, 1.54) is 194 Å². The Kier molecular flexibility index (Phi) is 35.7. The maximum Gasteiger partial charge on any atom is 0.155 e. The third kappa shape index (κ3) is 28.2. The van der Waals surface area contributed by atoms with Gasteiger partial charge in [-0.2, -0.15) is 0 Å². The zero-order chi connectivity index (χ0) is 85.3. The van der Waals surface area contributed by atoms with E-state index in [9.17, 15) is 14.4 Å². The van der Waals surface area contributed by atoms with E-state index in [1.807, 2.05) is 77.7 Å². The number of fused-ring (bicyclic) bond motifs is 3. The van der Waals surface area contributed by atoms with Crippen LogP contribution in [0.2, 0.25) is 0 Å². The Labute approximate surface area is 767 Å². The Bertz CT molecular complexity index is 6020. The normalized spacial score (nSPS) is 11.4. The van der Waals surface area contributed by atoms with Gasteiger partial charge in [0.2, 0.25) is 0 Å². The maximum absolute atomic E-state index is 10.0. The summed E-state index contributed by atoms with van der Waals surface area (Å²) >= 11 is 5.44. The van der Waals surface area contributed by atoms with Crippen LogP contribution in [0.25, 0.3) is 129 Å². The molecule has 627 valence electrons. The first kappa shape index (κ1) is 98.0. The molecule has 0 saturated heterocycles. The van der Waals surface area contributed by atoms with Crippen molar-refractivity contribution in [3.63, 3.8) is 0 Å². The molecule has 6 heterocycles. The third-order valence-electron chi connectivity index (χ3n) is 19.1. The summed E-state index contributed by atoms with van der Waals surface area (Å²) in [6.07, 6.45) is 9.51. The number of carbonyl (C=O) groups excluding carboxylic acids is 3. The number of aliphatic hydroxyl groups is 3. The molecule has 121 heavy (non-hydrogen) atoms. The summed E-state index contributed by atoms with van der Waals surface area (Å²) in [6.45, 7) is 37.9. The standard InChI is InChI=1S/C33H32NS.C31H28NS.C27H20NS.3C5H8O2.3Ir/c1-32(2,3)27-16-25(17-28(20-27)33(4,5)6)30-19-26-18-29(34-21-31(26)35-30)24-14-10-13-23(15-24)22-11-8-7-9-12-22;1-20-14-26(31(3,4)5)15-21(2)30(20)28-18-25-17-27(32-19-29(25)33-28)24-13-9-12-23(16-24)22-10-7-6-8-11-22;1-18-11-19(2)13-23(12-18)26-16-24-15-25(28-17-27(24)29-26)22-10-6-9-21(14-22)20-7-4-3-5-8-20;3*1-4(6)3-5(2)7;;;/h7-13,15-21H,1-6H3;6-12,14-19H,1-5H3;3-9,11-17H,1-2H3;3*3,6H,1-2H3;;;/q3*-1;;;;;;. The number of hydrogen-bond donors (Lipinski definition) is 3. The molecule has 0 atom stereocenters. The predicted octanol–water partition coefficient (Wildman–Crippen LogP) is 29.5. The molecule has 9 aromatic carbocycles. The SMILES string of the molecule is CC(=O)C=C(C)O.CC(=O)C=C(C)O.CC(=O)C=C(C)O.CC(C)(C)c1cc(-c2cc3cc(-c4[c-]ccc(-c5ccccc5)c4)ncc3s2)cc(C(C)(C)C)c1.Cc1cc(C(C)(C)C)cc(C)c1-c1cc2cc(-c3[c-]ccc(-c4ccccc4)c3)ncc2s1.Cc1cc(C)cc(-c2cc3cc(-c4[c-]ccc(-c5ccccc5)c4)ncc3s2)c1.[Ir].[Ir].[Ir]. The van der Waals surface area contributed by atoms with Crippen molar-refractivity contribution in [1.29, 1.82) is 0 Å². The molecule has 3 radical (unpaired) electrons. The third-order valence-corrected chi connectivity index (χ3v) is 22.5. The first-order valence-corrected chi connectivity index (χ1v) is 41.8. The van der Waals surface area contributed by atoms with E-state index in [0.29, 0.717) is 0 Å². The molecular weight excluding hydrogens is 2080 g/mol. The van der Waals surface area contributed by atoms with Gasteiger partial charge < -0.3 is 30.3 Å². The number of ketones is 3. The van der Waals surface area contributed by atoms with Crippen LogP contribution in [0, 0.1) is 45.9 Å². The molecule has 15 heteroatoms. The van der Waals surface area contributed by atoms with Crippen molar-refractivity contribution < 1.29 is 90.0 Å². The quantitative estimate of drug-likeness (QED) is 0.0617. The molecule has 0 bridgehead atoms. The van der Waals surface area contributed by atoms with Gasteiger partial charge in [-0.3, -0.25) is 14.4 Å². The molecular formula is C106H104Ir3N3O6S3-3. The predicted molar refractivity (Wildman–Crippen MR) is 501 cm³/mol. The second-order valence-electron chi connectivity index (χ2n) is 32.8. The zero-order valence-corrected chi connectivity index (χ0v) is 81.7. The topological polar surface area (TPSA) is 151 Å². The van der Waals surface area contributed by atoms with E-state index in [4.69, 9.17) is 30.3 Å². The van der Waals surface area contributed by atoms with Gasteiger partial charge in [0.25, 0.3) is 0 Å². The van der Waals surface area contributed by atoms with Gasteiger partial charge in [0.05, 0.1) is 31.4 Å². The fraction of sp³-hybridized carbons (Fsp3) is 0.208. The first-order chi connectivity index (χ1) is 55.9. The van der Waals surface area contributed by atoms with Gasteiger partial charge in [-0.15, -0.1) is 140 Å². The minimum absolute atomic E-state index is 0. The average Bonchev–Trinajstić information content (AvgIpc) is 1.40. The van der Waals surface area contributed by atoms with E-state index >= 15 is 0 Å². The number of aromatic nitrogens is 3. The van der Waals surface area contributed by atoms with Gasteiger partial charge in [0.15, 0.2) is 17.3 Å². The Hall–Kier alpha value is -10.1. The summed E-state index contributed by atoms with van der Waals surface area (Å²) in [4.78, 5) is 48.3. The van der Waals surface area contributed by atoms with E-state index in [1.54, 1.807) is 11.3 Å². The van der Waals surface area contributed by atoms with Crippen molar-refractivity contribution >= 4 is 81.6 Å². The van der Waals surface area contributed by atoms with Crippen LogP contribution in [0.15, 0.2) is 285 Å². The summed E-state index contributed by atoms with van der Waals surface area (Å²) in [5.74, 6) is -0.187. The van der Waals surface area contributed by atoms with Gasteiger partial charge in [-0.1, -0.05) is 219 Å². The largest absolute Gasteiger partial charge is 0.512 e. The molecule has 3 N–H and O–H groups in total. The molecule has 0 aliphatic rings. The van der Waals surface area contributed by atoms with Gasteiger partial charge in [-0.05, 0) is 210 Å². The molecule has 15 rings (SSSR count).